The second kappa shape index (κ2) is 9.87. The number of aromatic nitrogens is 2. The zero-order valence-corrected chi connectivity index (χ0v) is 19.3. The third-order valence-corrected chi connectivity index (χ3v) is 6.79. The molecule has 0 saturated carbocycles. The summed E-state index contributed by atoms with van der Waals surface area (Å²) >= 11 is 0. The van der Waals surface area contributed by atoms with Crippen LogP contribution in [0.4, 0.5) is 0 Å². The van der Waals surface area contributed by atoms with Gasteiger partial charge in [0.1, 0.15) is 0 Å². The van der Waals surface area contributed by atoms with Crippen molar-refractivity contribution < 1.29 is 18.0 Å². The second-order valence-corrected chi connectivity index (χ2v) is 9.38. The summed E-state index contributed by atoms with van der Waals surface area (Å²) < 4.78 is 28.2. The summed E-state index contributed by atoms with van der Waals surface area (Å²) in [5.41, 5.74) is 5.22. The highest BCUT2D eigenvalue weighted by Gasteiger charge is 2.20. The molecule has 0 aliphatic rings. The number of hydrogen-bond acceptors (Lipinski definition) is 6. The van der Waals surface area contributed by atoms with Gasteiger partial charge in [0, 0.05) is 17.5 Å². The normalized spacial score (nSPS) is 11.2. The Hall–Kier alpha value is -4.35. The van der Waals surface area contributed by atoms with Crippen molar-refractivity contribution >= 4 is 32.6 Å². The van der Waals surface area contributed by atoms with Crippen molar-refractivity contribution in [2.45, 2.75) is 18.4 Å². The van der Waals surface area contributed by atoms with Gasteiger partial charge in [-0.25, -0.2) is 18.2 Å². The van der Waals surface area contributed by atoms with Crippen LogP contribution in [0, 0.1) is 6.92 Å². The molecule has 11 heteroatoms. The summed E-state index contributed by atoms with van der Waals surface area (Å²) in [6, 6.07) is 19.6. The van der Waals surface area contributed by atoms with Crippen LogP contribution >= 0.6 is 0 Å². The SMILES string of the molecule is Cc1ccc(C(=O)NNC(=O)c2n[nH]c(=O)c3ccccc23)cc1S(=O)(=O)NCc1ccccc1. The fourth-order valence-electron chi connectivity index (χ4n) is 3.42. The Morgan fingerprint density at radius 3 is 2.29 bits per heavy atom. The number of nitrogens with one attached hydrogen (secondary N) is 4. The zero-order valence-electron chi connectivity index (χ0n) is 18.5. The smallest absolute Gasteiger partial charge is 0.267 e. The van der Waals surface area contributed by atoms with Crippen LogP contribution in [0.2, 0.25) is 0 Å². The van der Waals surface area contributed by atoms with E-state index in [1.807, 2.05) is 6.07 Å². The highest BCUT2D eigenvalue weighted by Crippen LogP contribution is 2.18. The zero-order chi connectivity index (χ0) is 25.0. The van der Waals surface area contributed by atoms with Gasteiger partial charge in [0.2, 0.25) is 10.0 Å². The molecular formula is C24H21N5O5S. The first-order valence-corrected chi connectivity index (χ1v) is 12.0. The fraction of sp³-hybridized carbons (Fsp3) is 0.0833. The number of aryl methyl sites for hydroxylation is 1. The molecule has 2 amide bonds. The van der Waals surface area contributed by atoms with E-state index in [0.29, 0.717) is 10.9 Å². The molecule has 35 heavy (non-hydrogen) atoms. The van der Waals surface area contributed by atoms with Gasteiger partial charge >= 0.3 is 0 Å². The number of hydrogen-bond donors (Lipinski definition) is 4. The maximum atomic E-state index is 12.9. The van der Waals surface area contributed by atoms with E-state index in [9.17, 15) is 22.8 Å². The summed E-state index contributed by atoms with van der Waals surface area (Å²) in [5, 5.41) is 6.61. The van der Waals surface area contributed by atoms with Crippen molar-refractivity contribution in [3.05, 3.63) is 106 Å². The van der Waals surface area contributed by atoms with Crippen molar-refractivity contribution in [2.75, 3.05) is 0 Å². The summed E-state index contributed by atoms with van der Waals surface area (Å²) in [4.78, 5) is 37.1. The number of carbonyl (C=O) groups excluding carboxylic acids is 2. The largest absolute Gasteiger partial charge is 0.290 e. The van der Waals surface area contributed by atoms with Gasteiger partial charge in [-0.1, -0.05) is 54.6 Å². The van der Waals surface area contributed by atoms with Crippen LogP contribution in [0.3, 0.4) is 0 Å². The van der Waals surface area contributed by atoms with Gasteiger partial charge in [-0.3, -0.25) is 25.2 Å². The number of benzene rings is 3. The van der Waals surface area contributed by atoms with Crippen LogP contribution < -0.4 is 21.1 Å². The lowest BCUT2D eigenvalue weighted by Gasteiger charge is -2.12. The summed E-state index contributed by atoms with van der Waals surface area (Å²) in [6.45, 7) is 1.71. The first-order chi connectivity index (χ1) is 16.8. The van der Waals surface area contributed by atoms with Crippen LogP contribution in [0.25, 0.3) is 10.8 Å². The van der Waals surface area contributed by atoms with Crippen molar-refractivity contribution in [3.8, 4) is 0 Å². The Balaban J connectivity index is 1.49. The standard InChI is InChI=1S/C24H21N5O5S/c1-15-11-12-17(13-20(15)35(33,34)25-14-16-7-3-2-4-8-16)22(30)27-29-24(32)21-18-9-5-6-10-19(18)23(31)28-26-21/h2-13,25H,14H2,1H3,(H,27,30)(H,28,31)(H,29,32). The Morgan fingerprint density at radius 1 is 0.886 bits per heavy atom. The Labute approximate surface area is 200 Å². The first-order valence-electron chi connectivity index (χ1n) is 10.5. The molecular weight excluding hydrogens is 470 g/mol. The third kappa shape index (κ3) is 5.26. The Kier molecular flexibility index (Phi) is 6.71. The molecule has 0 unspecified atom stereocenters. The molecule has 0 atom stereocenters. The predicted molar refractivity (Wildman–Crippen MR) is 129 cm³/mol. The molecule has 0 aliphatic carbocycles. The lowest BCUT2D eigenvalue weighted by molar-refractivity contribution is 0.0844. The molecule has 1 heterocycles. The van der Waals surface area contributed by atoms with E-state index < -0.39 is 27.4 Å². The minimum atomic E-state index is -3.91. The Morgan fingerprint density at radius 2 is 1.54 bits per heavy atom. The van der Waals surface area contributed by atoms with Crippen molar-refractivity contribution in [1.82, 2.24) is 25.8 Å². The van der Waals surface area contributed by atoms with E-state index in [4.69, 9.17) is 0 Å². The van der Waals surface area contributed by atoms with Crippen LogP contribution in [0.5, 0.6) is 0 Å². The number of carbonyl (C=O) groups is 2. The lowest BCUT2D eigenvalue weighted by atomic mass is 10.1. The highest BCUT2D eigenvalue weighted by atomic mass is 32.2. The second-order valence-electron chi connectivity index (χ2n) is 7.65. The summed E-state index contributed by atoms with van der Waals surface area (Å²) in [5.74, 6) is -1.48. The molecule has 0 fully saturated rings. The van der Waals surface area contributed by atoms with Crippen LogP contribution in [-0.2, 0) is 16.6 Å². The molecule has 3 aromatic carbocycles. The molecule has 178 valence electrons. The predicted octanol–water partition coefficient (Wildman–Crippen LogP) is 1.78. The van der Waals surface area contributed by atoms with Gasteiger partial charge in [0.05, 0.1) is 10.3 Å². The highest BCUT2D eigenvalue weighted by molar-refractivity contribution is 7.89. The first kappa shape index (κ1) is 23.8. The van der Waals surface area contributed by atoms with Gasteiger partial charge < -0.3 is 0 Å². The van der Waals surface area contributed by atoms with E-state index in [1.54, 1.807) is 55.5 Å². The lowest BCUT2D eigenvalue weighted by Crippen LogP contribution is -2.42. The average molecular weight is 492 g/mol. The van der Waals surface area contributed by atoms with Crippen LogP contribution in [-0.4, -0.2) is 30.4 Å². The molecule has 1 aromatic heterocycles. The molecule has 0 radical (unpaired) electrons. The maximum absolute atomic E-state index is 12.9. The number of rotatable bonds is 6. The number of H-pyrrole nitrogens is 1. The van der Waals surface area contributed by atoms with Crippen molar-refractivity contribution in [1.29, 1.82) is 0 Å². The number of sulfonamides is 1. The van der Waals surface area contributed by atoms with Gasteiger partial charge in [-0.15, -0.1) is 0 Å². The third-order valence-electron chi connectivity index (χ3n) is 5.25. The van der Waals surface area contributed by atoms with Gasteiger partial charge in [-0.2, -0.15) is 5.10 Å². The van der Waals surface area contributed by atoms with Gasteiger partial charge in [0.15, 0.2) is 5.69 Å². The van der Waals surface area contributed by atoms with Crippen molar-refractivity contribution in [3.63, 3.8) is 0 Å². The molecule has 0 saturated heterocycles. The fourth-order valence-corrected chi connectivity index (χ4v) is 4.70. The quantitative estimate of drug-likeness (QED) is 0.302. The van der Waals surface area contributed by atoms with Gasteiger partial charge in [-0.05, 0) is 36.2 Å². The van der Waals surface area contributed by atoms with Crippen molar-refractivity contribution in [2.24, 2.45) is 0 Å². The number of aromatic amines is 1. The number of fused-ring (bicyclic) bond motifs is 1. The van der Waals surface area contributed by atoms with Crippen LogP contribution in [0.1, 0.15) is 32.0 Å². The minimum Gasteiger partial charge on any atom is -0.267 e. The average Bonchev–Trinajstić information content (AvgIpc) is 2.87. The number of hydrazine groups is 1. The molecule has 0 aliphatic heterocycles. The van der Waals surface area contributed by atoms with E-state index >= 15 is 0 Å². The molecule has 4 rings (SSSR count). The topological polar surface area (TPSA) is 150 Å². The summed E-state index contributed by atoms with van der Waals surface area (Å²) in [6.07, 6.45) is 0. The maximum Gasteiger partial charge on any atom is 0.290 e. The monoisotopic (exact) mass is 491 g/mol. The Bertz CT molecular complexity index is 1580. The molecule has 4 aromatic rings. The molecule has 10 nitrogen and oxygen atoms in total. The van der Waals surface area contributed by atoms with E-state index in [2.05, 4.69) is 25.8 Å². The summed E-state index contributed by atoms with van der Waals surface area (Å²) in [7, 11) is -3.91. The van der Waals surface area contributed by atoms with Crippen LogP contribution in [0.15, 0.2) is 82.5 Å². The van der Waals surface area contributed by atoms with E-state index in [1.165, 1.54) is 18.2 Å². The molecule has 0 bridgehead atoms. The molecule has 0 spiro atoms. The van der Waals surface area contributed by atoms with Gasteiger partial charge in [0.25, 0.3) is 17.4 Å². The van der Waals surface area contributed by atoms with E-state index in [0.717, 1.165) is 5.56 Å². The minimum absolute atomic E-state index is 0.0234. The van der Waals surface area contributed by atoms with E-state index in [-0.39, 0.29) is 28.1 Å². The number of nitrogens with zero attached hydrogens (tertiary/aromatic N) is 1. The molecule has 4 N–H and O–H groups in total. The number of amides is 2.